The van der Waals surface area contributed by atoms with Gasteiger partial charge in [-0.2, -0.15) is 0 Å². The van der Waals surface area contributed by atoms with Gasteiger partial charge in [0.25, 0.3) is 0 Å². The fourth-order valence-electron chi connectivity index (χ4n) is 4.26. The molecule has 2 atom stereocenters. The summed E-state index contributed by atoms with van der Waals surface area (Å²) in [6, 6.07) is 5.23. The van der Waals surface area contributed by atoms with Gasteiger partial charge in [0, 0.05) is 47.5 Å². The molecule has 1 aromatic carbocycles. The van der Waals surface area contributed by atoms with Crippen molar-refractivity contribution in [2.24, 2.45) is 5.92 Å². The summed E-state index contributed by atoms with van der Waals surface area (Å²) in [5.41, 5.74) is 0.934. The molecule has 0 radical (unpaired) electrons. The minimum Gasteiger partial charge on any atom is -0.495 e. The van der Waals surface area contributed by atoms with Crippen LogP contribution >= 0.6 is 23.2 Å². The highest BCUT2D eigenvalue weighted by atomic mass is 35.5. The highest BCUT2D eigenvalue weighted by Gasteiger charge is 2.30. The summed E-state index contributed by atoms with van der Waals surface area (Å²) in [6.45, 7) is 4.71. The van der Waals surface area contributed by atoms with Gasteiger partial charge in [0.1, 0.15) is 23.1 Å². The number of fused-ring (bicyclic) bond motifs is 1. The molecule has 11 heteroatoms. The Morgan fingerprint density at radius 3 is 2.59 bits per heavy atom. The first-order chi connectivity index (χ1) is 17.9. The lowest BCUT2D eigenvalue weighted by molar-refractivity contribution is -0.115. The van der Waals surface area contributed by atoms with Gasteiger partial charge in [0.2, 0.25) is 0 Å². The van der Waals surface area contributed by atoms with Crippen molar-refractivity contribution < 1.29 is 24.1 Å². The number of aromatic nitrogens is 2. The number of rotatable bonds is 11. The molecule has 9 nitrogen and oxygen atoms in total. The standard InChI is InChI=1S/C26H28Cl2N4O5/c1-4-16(34)7-15-12-37-13-19(15)31-22-9-17-14(11-30-22)8-18(32-26(17)29-5-6-33)23-24(27)20(35-2)10-21(36-3)25(23)28/h4,8-11,15,19,33H,1,5-7,12-13H2,2-3H3,(H,29,32)(H,30,31)/t15-,19+/m0/s1. The van der Waals surface area contributed by atoms with Crippen LogP contribution in [0.25, 0.3) is 22.0 Å². The number of nitrogens with one attached hydrogen (secondary N) is 2. The topological polar surface area (TPSA) is 115 Å². The van der Waals surface area contributed by atoms with Gasteiger partial charge in [-0.25, -0.2) is 9.97 Å². The van der Waals surface area contributed by atoms with Crippen molar-refractivity contribution >= 4 is 51.4 Å². The number of allylic oxidation sites excluding steroid dienone is 1. The van der Waals surface area contributed by atoms with Gasteiger partial charge in [-0.1, -0.05) is 29.8 Å². The normalized spacial score (nSPS) is 17.0. The SMILES string of the molecule is C=CC(=O)C[C@H]1COC[C@H]1Nc1cc2c(NCCO)nc(-c3c(Cl)c(OC)cc(OC)c3Cl)cc2cn1. The summed E-state index contributed by atoms with van der Waals surface area (Å²) in [5.74, 6) is 1.91. The molecule has 0 bridgehead atoms. The first-order valence-electron chi connectivity index (χ1n) is 11.7. The minimum absolute atomic E-state index is 0.0165. The molecular formula is C26H28Cl2N4O5. The second-order valence-electron chi connectivity index (χ2n) is 8.50. The fourth-order valence-corrected chi connectivity index (χ4v) is 4.96. The lowest BCUT2D eigenvalue weighted by atomic mass is 9.97. The molecule has 1 aliphatic rings. The van der Waals surface area contributed by atoms with Gasteiger partial charge in [-0.05, 0) is 18.2 Å². The van der Waals surface area contributed by atoms with Crippen molar-refractivity contribution in [1.29, 1.82) is 0 Å². The van der Waals surface area contributed by atoms with Crippen molar-refractivity contribution in [2.75, 3.05) is 51.2 Å². The number of hydrogen-bond donors (Lipinski definition) is 3. The van der Waals surface area contributed by atoms with Gasteiger partial charge in [0.15, 0.2) is 5.78 Å². The van der Waals surface area contributed by atoms with E-state index in [9.17, 15) is 9.90 Å². The average molecular weight is 547 g/mol. The van der Waals surface area contributed by atoms with E-state index in [0.717, 1.165) is 10.8 Å². The number of carbonyl (C=O) groups excluding carboxylic acids is 1. The van der Waals surface area contributed by atoms with Crippen LogP contribution in [0.15, 0.2) is 37.1 Å². The summed E-state index contributed by atoms with van der Waals surface area (Å²) in [4.78, 5) is 21.2. The molecular weight excluding hydrogens is 519 g/mol. The second-order valence-corrected chi connectivity index (χ2v) is 9.26. The number of aliphatic hydroxyl groups excluding tert-OH is 1. The summed E-state index contributed by atoms with van der Waals surface area (Å²) in [6.07, 6.45) is 3.41. The molecule has 196 valence electrons. The van der Waals surface area contributed by atoms with Crippen LogP contribution in [0.5, 0.6) is 11.5 Å². The number of hydrogen-bond acceptors (Lipinski definition) is 9. The first-order valence-corrected chi connectivity index (χ1v) is 12.4. The molecule has 1 saturated heterocycles. The number of ether oxygens (including phenoxy) is 3. The van der Waals surface area contributed by atoms with E-state index < -0.39 is 0 Å². The summed E-state index contributed by atoms with van der Waals surface area (Å²) in [5, 5.41) is 18.1. The Morgan fingerprint density at radius 1 is 1.22 bits per heavy atom. The van der Waals surface area contributed by atoms with Crippen LogP contribution in [0.1, 0.15) is 6.42 Å². The number of methoxy groups -OCH3 is 2. The summed E-state index contributed by atoms with van der Waals surface area (Å²) < 4.78 is 16.4. The number of benzene rings is 1. The van der Waals surface area contributed by atoms with E-state index in [1.165, 1.54) is 20.3 Å². The Bertz CT molecular complexity index is 1290. The van der Waals surface area contributed by atoms with E-state index in [2.05, 4.69) is 22.2 Å². The Kier molecular flexibility index (Phi) is 8.71. The van der Waals surface area contributed by atoms with E-state index in [4.69, 9.17) is 42.4 Å². The zero-order valence-electron chi connectivity index (χ0n) is 20.5. The van der Waals surface area contributed by atoms with Gasteiger partial charge in [0.05, 0.1) is 55.8 Å². The van der Waals surface area contributed by atoms with Crippen LogP contribution in [-0.4, -0.2) is 67.5 Å². The van der Waals surface area contributed by atoms with E-state index >= 15 is 0 Å². The predicted molar refractivity (Wildman–Crippen MR) is 145 cm³/mol. The lowest BCUT2D eigenvalue weighted by Gasteiger charge is -2.20. The Hall–Kier alpha value is -3.11. The van der Waals surface area contributed by atoms with Crippen molar-refractivity contribution in [2.45, 2.75) is 12.5 Å². The number of aliphatic hydroxyl groups is 1. The molecule has 1 aliphatic heterocycles. The average Bonchev–Trinajstić information content (AvgIpc) is 3.33. The maximum absolute atomic E-state index is 11.9. The van der Waals surface area contributed by atoms with Crippen LogP contribution in [0, 0.1) is 5.92 Å². The maximum atomic E-state index is 11.9. The third-order valence-electron chi connectivity index (χ3n) is 6.17. The molecule has 3 heterocycles. The lowest BCUT2D eigenvalue weighted by Crippen LogP contribution is -2.29. The van der Waals surface area contributed by atoms with Crippen molar-refractivity contribution in [3.8, 4) is 22.8 Å². The van der Waals surface area contributed by atoms with E-state index in [1.54, 1.807) is 12.3 Å². The second kappa shape index (κ2) is 12.0. The van der Waals surface area contributed by atoms with Gasteiger partial charge in [-0.3, -0.25) is 4.79 Å². The third kappa shape index (κ3) is 5.75. The largest absolute Gasteiger partial charge is 0.495 e. The Labute approximate surface area is 224 Å². The molecule has 3 N–H and O–H groups in total. The molecule has 1 fully saturated rings. The Balaban J connectivity index is 1.76. The molecule has 3 aromatic rings. The highest BCUT2D eigenvalue weighted by molar-refractivity contribution is 6.41. The summed E-state index contributed by atoms with van der Waals surface area (Å²) in [7, 11) is 3.01. The molecule has 4 rings (SSSR count). The minimum atomic E-state index is -0.0868. The van der Waals surface area contributed by atoms with E-state index in [0.29, 0.717) is 64.1 Å². The monoisotopic (exact) mass is 546 g/mol. The van der Waals surface area contributed by atoms with Crippen LogP contribution in [0.2, 0.25) is 10.0 Å². The third-order valence-corrected chi connectivity index (χ3v) is 6.92. The van der Waals surface area contributed by atoms with Crippen LogP contribution in [0.3, 0.4) is 0 Å². The van der Waals surface area contributed by atoms with Crippen molar-refractivity contribution in [1.82, 2.24) is 9.97 Å². The van der Waals surface area contributed by atoms with Gasteiger partial charge < -0.3 is 30.0 Å². The van der Waals surface area contributed by atoms with E-state index in [-0.39, 0.29) is 30.9 Å². The molecule has 0 spiro atoms. The maximum Gasteiger partial charge on any atom is 0.155 e. The zero-order chi connectivity index (χ0) is 26.5. The van der Waals surface area contributed by atoms with Crippen molar-refractivity contribution in [3.63, 3.8) is 0 Å². The fraction of sp³-hybridized carbons (Fsp3) is 0.346. The number of anilines is 2. The van der Waals surface area contributed by atoms with Crippen molar-refractivity contribution in [3.05, 3.63) is 47.1 Å². The molecule has 2 aromatic heterocycles. The number of ketones is 1. The van der Waals surface area contributed by atoms with Gasteiger partial charge >= 0.3 is 0 Å². The number of nitrogens with zero attached hydrogens (tertiary/aromatic N) is 2. The first kappa shape index (κ1) is 26.9. The number of carbonyl (C=O) groups is 1. The Morgan fingerprint density at radius 2 is 1.95 bits per heavy atom. The molecule has 37 heavy (non-hydrogen) atoms. The van der Waals surface area contributed by atoms with Gasteiger partial charge in [-0.15, -0.1) is 0 Å². The quantitative estimate of drug-likeness (QED) is 0.297. The number of halogens is 2. The van der Waals surface area contributed by atoms with E-state index in [1.807, 2.05) is 12.1 Å². The number of pyridine rings is 2. The molecule has 0 saturated carbocycles. The molecule has 0 aliphatic carbocycles. The zero-order valence-corrected chi connectivity index (χ0v) is 22.0. The van der Waals surface area contributed by atoms with Crippen LogP contribution in [0.4, 0.5) is 11.6 Å². The highest BCUT2D eigenvalue weighted by Crippen LogP contribution is 2.46. The smallest absolute Gasteiger partial charge is 0.155 e. The predicted octanol–water partition coefficient (Wildman–Crippen LogP) is 4.60. The molecule has 0 amide bonds. The van der Waals surface area contributed by atoms with Crippen LogP contribution in [-0.2, 0) is 9.53 Å². The molecule has 0 unspecified atom stereocenters. The summed E-state index contributed by atoms with van der Waals surface area (Å²) >= 11 is 13.3. The van der Waals surface area contributed by atoms with Crippen LogP contribution < -0.4 is 20.1 Å².